The van der Waals surface area contributed by atoms with E-state index >= 15 is 0 Å². The van der Waals surface area contributed by atoms with Crippen molar-refractivity contribution in [1.29, 1.82) is 0 Å². The van der Waals surface area contributed by atoms with Gasteiger partial charge in [-0.15, -0.1) is 0 Å². The van der Waals surface area contributed by atoms with Crippen molar-refractivity contribution in [2.45, 2.75) is 38.6 Å². The number of methoxy groups -OCH3 is 1. The summed E-state index contributed by atoms with van der Waals surface area (Å²) in [6.45, 7) is 5.08. The number of pyridine rings is 2. The second-order valence-corrected chi connectivity index (χ2v) is 8.33. The molecule has 0 aromatic carbocycles. The molecule has 3 heterocycles. The third kappa shape index (κ3) is 3.94. The minimum atomic E-state index is 0.580. The van der Waals surface area contributed by atoms with Gasteiger partial charge in [-0.05, 0) is 50.8 Å². The molecule has 152 valence electrons. The number of hydrogen-bond donors (Lipinski definition) is 1. The average Bonchev–Trinajstić information content (AvgIpc) is 3.27. The van der Waals surface area contributed by atoms with Crippen molar-refractivity contribution >= 4 is 17.7 Å². The van der Waals surface area contributed by atoms with Crippen LogP contribution in [-0.2, 0) is 6.42 Å². The molecule has 0 unspecified atom stereocenters. The first-order valence-electron chi connectivity index (χ1n) is 10.5. The fourth-order valence-corrected chi connectivity index (χ4v) is 4.36. The number of fused-ring (bicyclic) bond motifs is 1. The van der Waals surface area contributed by atoms with E-state index < -0.39 is 0 Å². The molecule has 3 aliphatic rings. The Labute approximate surface area is 172 Å². The van der Waals surface area contributed by atoms with E-state index in [1.165, 1.54) is 31.4 Å². The third-order valence-corrected chi connectivity index (χ3v) is 6.05. The molecule has 1 N–H and O–H groups in total. The molecule has 0 amide bonds. The lowest BCUT2D eigenvalue weighted by molar-refractivity contribution is 0.229. The number of hydrogen-bond acceptors (Lipinski definition) is 6. The zero-order chi connectivity index (χ0) is 19.8. The maximum atomic E-state index is 6.19. The van der Waals surface area contributed by atoms with Crippen LogP contribution in [0.5, 0.6) is 11.5 Å². The smallest absolute Gasteiger partial charge is 0.179 e. The van der Waals surface area contributed by atoms with Crippen LogP contribution in [0.4, 0.5) is 11.6 Å². The van der Waals surface area contributed by atoms with Gasteiger partial charge in [-0.2, -0.15) is 0 Å². The highest BCUT2D eigenvalue weighted by atomic mass is 16.5. The quantitative estimate of drug-likeness (QED) is 0.769. The normalized spacial score (nSPS) is 20.7. The van der Waals surface area contributed by atoms with Crippen LogP contribution < -0.4 is 14.8 Å². The molecule has 6 heteroatoms. The molecule has 29 heavy (non-hydrogen) atoms. The number of ether oxygens (including phenoxy) is 2. The summed E-state index contributed by atoms with van der Waals surface area (Å²) in [7, 11) is 1.65. The number of nitrogens with zero attached hydrogens (tertiary/aromatic N) is 3. The van der Waals surface area contributed by atoms with Crippen LogP contribution in [0.15, 0.2) is 24.4 Å². The zero-order valence-corrected chi connectivity index (χ0v) is 17.1. The van der Waals surface area contributed by atoms with Crippen molar-refractivity contribution in [2.75, 3.05) is 32.1 Å². The van der Waals surface area contributed by atoms with Gasteiger partial charge in [-0.1, -0.05) is 12.2 Å². The first-order valence-corrected chi connectivity index (χ1v) is 10.5. The van der Waals surface area contributed by atoms with Crippen LogP contribution in [0.3, 0.4) is 0 Å². The summed E-state index contributed by atoms with van der Waals surface area (Å²) < 4.78 is 11.7. The number of allylic oxidation sites excluding steroid dienone is 1. The van der Waals surface area contributed by atoms with Crippen LogP contribution in [0, 0.1) is 12.8 Å². The Morgan fingerprint density at radius 3 is 2.93 bits per heavy atom. The molecule has 1 atom stereocenters. The van der Waals surface area contributed by atoms with Gasteiger partial charge in [0.05, 0.1) is 19.9 Å². The van der Waals surface area contributed by atoms with Gasteiger partial charge in [0.1, 0.15) is 11.6 Å². The lowest BCUT2D eigenvalue weighted by Gasteiger charge is -2.17. The summed E-state index contributed by atoms with van der Waals surface area (Å²) >= 11 is 0. The Balaban J connectivity index is 1.30. The van der Waals surface area contributed by atoms with Gasteiger partial charge in [0, 0.05) is 35.8 Å². The minimum absolute atomic E-state index is 0.580. The van der Waals surface area contributed by atoms with Gasteiger partial charge >= 0.3 is 0 Å². The molecule has 0 bridgehead atoms. The van der Waals surface area contributed by atoms with Crippen LogP contribution in [-0.4, -0.2) is 47.7 Å². The van der Waals surface area contributed by atoms with Gasteiger partial charge in [0.25, 0.3) is 0 Å². The molecule has 2 aromatic heterocycles. The molecule has 0 radical (unpaired) electrons. The van der Waals surface area contributed by atoms with Crippen molar-refractivity contribution in [3.05, 3.63) is 41.2 Å². The van der Waals surface area contributed by atoms with Crippen molar-refractivity contribution in [2.24, 2.45) is 5.92 Å². The molecular formula is C23H28N4O2. The SMILES string of the molecule is COc1cnc(Nc2nc(C)cc3c2C=CC3)cc1OC[C@H]1CCN(C2CC2)C1. The summed E-state index contributed by atoms with van der Waals surface area (Å²) in [5.41, 5.74) is 3.44. The van der Waals surface area contributed by atoms with Crippen molar-refractivity contribution in [3.8, 4) is 11.5 Å². The molecule has 2 aromatic rings. The highest BCUT2D eigenvalue weighted by Crippen LogP contribution is 2.34. The van der Waals surface area contributed by atoms with Crippen molar-refractivity contribution in [1.82, 2.24) is 14.9 Å². The lowest BCUT2D eigenvalue weighted by atomic mass is 10.1. The van der Waals surface area contributed by atoms with Crippen molar-refractivity contribution in [3.63, 3.8) is 0 Å². The largest absolute Gasteiger partial charge is 0.491 e. The Hall–Kier alpha value is -2.60. The molecule has 5 rings (SSSR count). The Bertz CT molecular complexity index is 939. The Morgan fingerprint density at radius 2 is 2.10 bits per heavy atom. The lowest BCUT2D eigenvalue weighted by Crippen LogP contribution is -2.24. The summed E-state index contributed by atoms with van der Waals surface area (Å²) in [5.74, 6) is 3.53. The molecule has 1 aliphatic heterocycles. The first kappa shape index (κ1) is 18.4. The number of likely N-dealkylation sites (tertiary alicyclic amines) is 1. The maximum absolute atomic E-state index is 6.19. The molecule has 6 nitrogen and oxygen atoms in total. The van der Waals surface area contributed by atoms with E-state index in [1.807, 2.05) is 13.0 Å². The average molecular weight is 393 g/mol. The second-order valence-electron chi connectivity index (χ2n) is 8.33. The standard InChI is InChI=1S/C23H28N4O2/c1-15-10-17-4-3-5-19(17)23(25-15)26-22-11-20(21(28-2)12-24-22)29-14-16-8-9-27(13-16)18-6-7-18/h3,5,10-12,16,18H,4,6-9,13-14H2,1-2H3,(H,24,25,26)/t16-/m0/s1. The van der Waals surface area contributed by atoms with Gasteiger partial charge < -0.3 is 14.8 Å². The molecule has 2 aliphatic carbocycles. The third-order valence-electron chi connectivity index (χ3n) is 6.05. The van der Waals surface area contributed by atoms with Gasteiger partial charge in [-0.25, -0.2) is 9.97 Å². The zero-order valence-electron chi connectivity index (χ0n) is 17.1. The topological polar surface area (TPSA) is 59.5 Å². The highest BCUT2D eigenvalue weighted by molar-refractivity contribution is 5.74. The van der Waals surface area contributed by atoms with Gasteiger partial charge in [0.15, 0.2) is 11.5 Å². The summed E-state index contributed by atoms with van der Waals surface area (Å²) in [6, 6.07) is 4.90. The monoisotopic (exact) mass is 392 g/mol. The van der Waals surface area contributed by atoms with Crippen LogP contribution >= 0.6 is 0 Å². The van der Waals surface area contributed by atoms with Crippen LogP contribution in [0.1, 0.15) is 36.1 Å². The summed E-state index contributed by atoms with van der Waals surface area (Å²) in [6.07, 6.45) is 10.9. The number of aryl methyl sites for hydroxylation is 1. The van der Waals surface area contributed by atoms with Crippen molar-refractivity contribution < 1.29 is 9.47 Å². The first-order chi connectivity index (χ1) is 14.2. The molecule has 0 spiro atoms. The van der Waals surface area contributed by atoms with E-state index in [0.717, 1.165) is 41.8 Å². The molecular weight excluding hydrogens is 364 g/mol. The highest BCUT2D eigenvalue weighted by Gasteiger charge is 2.34. The van der Waals surface area contributed by atoms with Gasteiger partial charge in [-0.3, -0.25) is 4.90 Å². The number of rotatable bonds is 7. The van der Waals surface area contributed by atoms with E-state index in [1.54, 1.807) is 13.3 Å². The van der Waals surface area contributed by atoms with E-state index in [9.17, 15) is 0 Å². The Morgan fingerprint density at radius 1 is 1.21 bits per heavy atom. The van der Waals surface area contributed by atoms with E-state index in [2.05, 4.69) is 38.4 Å². The Kier molecular flexibility index (Phi) is 4.87. The van der Waals surface area contributed by atoms with Crippen LogP contribution in [0.2, 0.25) is 0 Å². The fraction of sp³-hybridized carbons (Fsp3) is 0.478. The summed E-state index contributed by atoms with van der Waals surface area (Å²) in [5, 5.41) is 3.38. The maximum Gasteiger partial charge on any atom is 0.179 e. The molecule has 2 fully saturated rings. The second kappa shape index (κ2) is 7.67. The number of nitrogens with one attached hydrogen (secondary N) is 1. The van der Waals surface area contributed by atoms with E-state index in [-0.39, 0.29) is 0 Å². The molecule has 1 saturated carbocycles. The van der Waals surface area contributed by atoms with Crippen LogP contribution in [0.25, 0.3) is 6.08 Å². The number of anilines is 2. The predicted octanol–water partition coefficient (Wildman–Crippen LogP) is 3.97. The van der Waals surface area contributed by atoms with Gasteiger partial charge in [0.2, 0.25) is 0 Å². The molecule has 1 saturated heterocycles. The van der Waals surface area contributed by atoms with E-state index in [4.69, 9.17) is 9.47 Å². The summed E-state index contributed by atoms with van der Waals surface area (Å²) in [4.78, 5) is 11.8. The predicted molar refractivity (Wildman–Crippen MR) is 114 cm³/mol. The van der Waals surface area contributed by atoms with E-state index in [0.29, 0.717) is 24.1 Å². The number of aromatic nitrogens is 2. The fourth-order valence-electron chi connectivity index (χ4n) is 4.36. The minimum Gasteiger partial charge on any atom is -0.491 e.